The summed E-state index contributed by atoms with van der Waals surface area (Å²) in [5.74, 6) is -0.184. The molecule has 0 saturated carbocycles. The summed E-state index contributed by atoms with van der Waals surface area (Å²) < 4.78 is 8.43. The number of carbonyl (C=O) groups excluding carboxylic acids is 1. The molecule has 1 atom stereocenters. The summed E-state index contributed by atoms with van der Waals surface area (Å²) in [5, 5.41) is 7.89. The normalized spacial score (nSPS) is 18.0. The molecule has 2 aromatic rings. The zero-order valence-electron chi connectivity index (χ0n) is 12.8. The van der Waals surface area contributed by atoms with Crippen LogP contribution in [0.1, 0.15) is 18.5 Å². The Balaban J connectivity index is 1.73. The van der Waals surface area contributed by atoms with Gasteiger partial charge in [0.2, 0.25) is 5.91 Å². The van der Waals surface area contributed by atoms with Crippen molar-refractivity contribution in [3.05, 3.63) is 28.3 Å². The van der Waals surface area contributed by atoms with E-state index in [1.165, 1.54) is 4.57 Å². The Kier molecular flexibility index (Phi) is 3.98. The Bertz CT molecular complexity index is 756. The number of amides is 1. The van der Waals surface area contributed by atoms with Crippen LogP contribution in [0, 0.1) is 6.92 Å². The third-order valence-corrected chi connectivity index (χ3v) is 4.02. The highest BCUT2D eigenvalue weighted by Gasteiger charge is 2.17. The molecule has 0 unspecified atom stereocenters. The van der Waals surface area contributed by atoms with Crippen molar-refractivity contribution in [1.29, 1.82) is 0 Å². The molecule has 22 heavy (non-hydrogen) atoms. The minimum Gasteiger partial charge on any atom is -0.376 e. The van der Waals surface area contributed by atoms with Crippen LogP contribution in [-0.2, 0) is 23.1 Å². The molecule has 7 nitrogen and oxygen atoms in total. The number of carbonyl (C=O) groups is 1. The number of aryl methyl sites for hydroxylation is 2. The predicted octanol–water partition coefficient (Wildman–Crippen LogP) is 0.339. The van der Waals surface area contributed by atoms with E-state index in [-0.39, 0.29) is 24.1 Å². The molecule has 1 aliphatic heterocycles. The van der Waals surface area contributed by atoms with Crippen molar-refractivity contribution in [3.63, 3.8) is 0 Å². The Morgan fingerprint density at radius 3 is 3.09 bits per heavy atom. The second-order valence-electron chi connectivity index (χ2n) is 5.66. The first-order valence-corrected chi connectivity index (χ1v) is 7.47. The minimum absolute atomic E-state index is 0.00568. The Morgan fingerprint density at radius 1 is 1.55 bits per heavy atom. The average molecular weight is 304 g/mol. The molecule has 1 aliphatic rings. The van der Waals surface area contributed by atoms with Crippen LogP contribution in [0.2, 0.25) is 0 Å². The average Bonchev–Trinajstić information content (AvgIpc) is 3.08. The number of fused-ring (bicyclic) bond motifs is 1. The Labute approximate surface area is 127 Å². The lowest BCUT2D eigenvalue weighted by Crippen LogP contribution is -2.36. The number of aromatic nitrogens is 3. The van der Waals surface area contributed by atoms with Crippen molar-refractivity contribution >= 4 is 16.8 Å². The van der Waals surface area contributed by atoms with E-state index in [0.717, 1.165) is 30.5 Å². The summed E-state index contributed by atoms with van der Waals surface area (Å²) in [6.07, 6.45) is 3.75. The highest BCUT2D eigenvalue weighted by atomic mass is 16.5. The molecule has 7 heteroatoms. The van der Waals surface area contributed by atoms with Gasteiger partial charge in [-0.15, -0.1) is 0 Å². The van der Waals surface area contributed by atoms with Gasteiger partial charge in [0.05, 0.1) is 11.8 Å². The van der Waals surface area contributed by atoms with E-state index in [2.05, 4.69) is 10.4 Å². The molecule has 0 radical (unpaired) electrons. The lowest BCUT2D eigenvalue weighted by molar-refractivity contribution is -0.122. The summed E-state index contributed by atoms with van der Waals surface area (Å²) in [5.41, 5.74) is 1.13. The molecular weight excluding hydrogens is 284 g/mol. The summed E-state index contributed by atoms with van der Waals surface area (Å²) in [7, 11) is 1.73. The molecule has 1 N–H and O–H groups in total. The first kappa shape index (κ1) is 14.8. The van der Waals surface area contributed by atoms with Crippen LogP contribution in [0.25, 0.3) is 10.9 Å². The van der Waals surface area contributed by atoms with Crippen LogP contribution in [-0.4, -0.2) is 39.5 Å². The van der Waals surface area contributed by atoms with Gasteiger partial charge in [0.1, 0.15) is 12.1 Å². The smallest absolute Gasteiger partial charge is 0.277 e. The third kappa shape index (κ3) is 2.76. The van der Waals surface area contributed by atoms with E-state index in [4.69, 9.17) is 4.74 Å². The lowest BCUT2D eigenvalue weighted by atomic mass is 10.2. The molecule has 0 bridgehead atoms. The van der Waals surface area contributed by atoms with E-state index in [0.29, 0.717) is 12.1 Å². The van der Waals surface area contributed by atoms with Gasteiger partial charge in [-0.05, 0) is 25.8 Å². The van der Waals surface area contributed by atoms with Crippen LogP contribution in [0.4, 0.5) is 0 Å². The first-order chi connectivity index (χ1) is 10.6. The largest absolute Gasteiger partial charge is 0.376 e. The minimum atomic E-state index is -0.201. The Morgan fingerprint density at radius 2 is 2.36 bits per heavy atom. The number of hydrogen-bond acceptors (Lipinski definition) is 4. The number of hydrogen-bond donors (Lipinski definition) is 1. The van der Waals surface area contributed by atoms with Crippen molar-refractivity contribution in [1.82, 2.24) is 19.7 Å². The topological polar surface area (TPSA) is 78.2 Å². The van der Waals surface area contributed by atoms with Crippen LogP contribution >= 0.6 is 0 Å². The predicted molar refractivity (Wildman–Crippen MR) is 81.7 cm³/mol. The highest BCUT2D eigenvalue weighted by Crippen LogP contribution is 2.13. The van der Waals surface area contributed by atoms with Crippen molar-refractivity contribution in [2.75, 3.05) is 13.2 Å². The molecule has 118 valence electrons. The third-order valence-electron chi connectivity index (χ3n) is 4.02. The fourth-order valence-corrected chi connectivity index (χ4v) is 2.86. The van der Waals surface area contributed by atoms with Gasteiger partial charge in [0.15, 0.2) is 0 Å². The number of nitrogens with zero attached hydrogens (tertiary/aromatic N) is 3. The molecule has 3 rings (SSSR count). The summed E-state index contributed by atoms with van der Waals surface area (Å²) in [6.45, 7) is 3.13. The lowest BCUT2D eigenvalue weighted by Gasteiger charge is -2.11. The standard InChI is InChI=1S/C15H20N4O3/c1-10-12-5-6-19(15(21)14(12)18(2)17-10)9-13(20)16-8-11-4-3-7-22-11/h5-6,11H,3-4,7-9H2,1-2H3,(H,16,20)/t11-/m1/s1. The molecule has 3 heterocycles. The fraction of sp³-hybridized carbons (Fsp3) is 0.533. The summed E-state index contributed by atoms with van der Waals surface area (Å²) in [6, 6.07) is 1.83. The van der Waals surface area contributed by atoms with Gasteiger partial charge < -0.3 is 14.6 Å². The maximum Gasteiger partial charge on any atom is 0.277 e. The van der Waals surface area contributed by atoms with E-state index < -0.39 is 0 Å². The molecule has 0 spiro atoms. The maximum absolute atomic E-state index is 12.5. The quantitative estimate of drug-likeness (QED) is 0.883. The molecule has 1 fully saturated rings. The zero-order valence-corrected chi connectivity index (χ0v) is 12.8. The van der Waals surface area contributed by atoms with E-state index in [9.17, 15) is 9.59 Å². The van der Waals surface area contributed by atoms with Gasteiger partial charge in [0.25, 0.3) is 5.56 Å². The summed E-state index contributed by atoms with van der Waals surface area (Å²) >= 11 is 0. The molecule has 1 saturated heterocycles. The SMILES string of the molecule is Cc1nn(C)c2c(=O)n(CC(=O)NC[C@H]3CCCO3)ccc12. The number of rotatable bonds is 4. The first-order valence-electron chi connectivity index (χ1n) is 7.47. The van der Waals surface area contributed by atoms with E-state index in [1.807, 2.05) is 13.0 Å². The van der Waals surface area contributed by atoms with Gasteiger partial charge >= 0.3 is 0 Å². The van der Waals surface area contributed by atoms with Crippen molar-refractivity contribution in [2.45, 2.75) is 32.4 Å². The van der Waals surface area contributed by atoms with Gasteiger partial charge in [-0.25, -0.2) is 0 Å². The fourth-order valence-electron chi connectivity index (χ4n) is 2.86. The van der Waals surface area contributed by atoms with Crippen LogP contribution in [0.5, 0.6) is 0 Å². The Hall–Kier alpha value is -2.15. The molecule has 1 amide bonds. The zero-order chi connectivity index (χ0) is 15.7. The number of ether oxygens (including phenoxy) is 1. The van der Waals surface area contributed by atoms with Gasteiger partial charge in [-0.1, -0.05) is 0 Å². The van der Waals surface area contributed by atoms with E-state index in [1.54, 1.807) is 17.9 Å². The molecule has 0 aromatic carbocycles. The second kappa shape index (κ2) is 5.92. The van der Waals surface area contributed by atoms with Gasteiger partial charge in [-0.2, -0.15) is 5.10 Å². The molecule has 2 aromatic heterocycles. The van der Waals surface area contributed by atoms with Crippen molar-refractivity contribution in [2.24, 2.45) is 7.05 Å². The van der Waals surface area contributed by atoms with Crippen LogP contribution in [0.15, 0.2) is 17.1 Å². The van der Waals surface area contributed by atoms with Crippen molar-refractivity contribution in [3.8, 4) is 0 Å². The van der Waals surface area contributed by atoms with E-state index >= 15 is 0 Å². The monoisotopic (exact) mass is 304 g/mol. The molecule has 0 aliphatic carbocycles. The number of pyridine rings is 1. The van der Waals surface area contributed by atoms with Crippen LogP contribution < -0.4 is 10.9 Å². The van der Waals surface area contributed by atoms with Gasteiger partial charge in [-0.3, -0.25) is 14.3 Å². The second-order valence-corrected chi connectivity index (χ2v) is 5.66. The summed E-state index contributed by atoms with van der Waals surface area (Å²) in [4.78, 5) is 24.5. The maximum atomic E-state index is 12.5. The van der Waals surface area contributed by atoms with Gasteiger partial charge in [0, 0.05) is 31.8 Å². The molecular formula is C15H20N4O3. The highest BCUT2D eigenvalue weighted by molar-refractivity contribution is 5.81. The van der Waals surface area contributed by atoms with Crippen LogP contribution in [0.3, 0.4) is 0 Å². The number of nitrogens with one attached hydrogen (secondary N) is 1. The van der Waals surface area contributed by atoms with Crippen molar-refractivity contribution < 1.29 is 9.53 Å².